The van der Waals surface area contributed by atoms with Gasteiger partial charge >= 0.3 is 6.18 Å². The van der Waals surface area contributed by atoms with E-state index in [1.165, 1.54) is 12.1 Å². The van der Waals surface area contributed by atoms with Crippen LogP contribution in [0.3, 0.4) is 0 Å². The van der Waals surface area contributed by atoms with Gasteiger partial charge in [0.2, 0.25) is 5.82 Å². The highest BCUT2D eigenvalue weighted by atomic mass is 19.4. The van der Waals surface area contributed by atoms with Crippen molar-refractivity contribution in [2.75, 3.05) is 20.2 Å². The number of aliphatic hydroxyl groups is 1. The van der Waals surface area contributed by atoms with E-state index in [0.29, 0.717) is 43.9 Å². The molecule has 0 aliphatic carbocycles. The maximum Gasteiger partial charge on any atom is 0.416 e. The third-order valence-electron chi connectivity index (χ3n) is 5.86. The molecule has 3 aromatic rings. The van der Waals surface area contributed by atoms with E-state index < -0.39 is 23.9 Å². The Morgan fingerprint density at radius 2 is 1.88 bits per heavy atom. The minimum atomic E-state index is -4.44. The second kappa shape index (κ2) is 9.25. The number of piperidine rings is 1. The third kappa shape index (κ3) is 4.91. The molecule has 0 radical (unpaired) electrons. The van der Waals surface area contributed by atoms with Crippen LogP contribution < -0.4 is 9.64 Å². The average molecular weight is 448 g/mol. The van der Waals surface area contributed by atoms with E-state index in [2.05, 4.69) is 15.5 Å². The first-order valence-corrected chi connectivity index (χ1v) is 10.4. The van der Waals surface area contributed by atoms with Gasteiger partial charge in [-0.1, -0.05) is 24.3 Å². The van der Waals surface area contributed by atoms with Crippen LogP contribution in [0.2, 0.25) is 0 Å². The molecule has 10 heteroatoms. The predicted octanol–water partition coefficient (Wildman–Crippen LogP) is 1.88. The summed E-state index contributed by atoms with van der Waals surface area (Å²) in [6.07, 6.45) is -3.69. The summed E-state index contributed by atoms with van der Waals surface area (Å²) < 4.78 is 47.0. The van der Waals surface area contributed by atoms with Crippen LogP contribution in [0.25, 0.3) is 0 Å². The first kappa shape index (κ1) is 22.2. The normalized spacial score (nSPS) is 20.2. The average Bonchev–Trinajstić information content (AvgIpc) is 3.23. The van der Waals surface area contributed by atoms with Crippen LogP contribution in [0.4, 0.5) is 13.2 Å². The molecule has 2 N–H and O–H groups in total. The number of alkyl halides is 3. The number of methoxy groups -OCH3 is 1. The molecule has 2 heterocycles. The molecule has 1 saturated heterocycles. The zero-order valence-electron chi connectivity index (χ0n) is 17.6. The number of quaternary nitrogens is 1. The van der Waals surface area contributed by atoms with Crippen molar-refractivity contribution in [3.05, 3.63) is 71.0 Å². The van der Waals surface area contributed by atoms with E-state index in [-0.39, 0.29) is 0 Å². The van der Waals surface area contributed by atoms with Crippen molar-refractivity contribution < 1.29 is 27.9 Å². The second-order valence-electron chi connectivity index (χ2n) is 7.99. The number of benzene rings is 2. The molecular weight excluding hydrogens is 423 g/mol. The Morgan fingerprint density at radius 3 is 2.53 bits per heavy atom. The van der Waals surface area contributed by atoms with Gasteiger partial charge in [-0.05, 0) is 40.3 Å². The van der Waals surface area contributed by atoms with Crippen molar-refractivity contribution in [3.8, 4) is 5.75 Å². The molecule has 1 aromatic heterocycles. The fraction of sp³-hybridized carbons (Fsp3) is 0.409. The molecule has 1 fully saturated rings. The quantitative estimate of drug-likeness (QED) is 0.602. The van der Waals surface area contributed by atoms with Gasteiger partial charge in [0.15, 0.2) is 6.04 Å². The lowest BCUT2D eigenvalue weighted by Crippen LogP contribution is -3.13. The monoisotopic (exact) mass is 448 g/mol. The summed E-state index contributed by atoms with van der Waals surface area (Å²) in [6, 6.07) is 12.3. The van der Waals surface area contributed by atoms with Gasteiger partial charge in [-0.15, -0.1) is 5.10 Å². The van der Waals surface area contributed by atoms with Gasteiger partial charge < -0.3 is 14.7 Å². The molecule has 1 atom stereocenters. The molecule has 0 unspecified atom stereocenters. The Labute approximate surface area is 183 Å². The second-order valence-corrected chi connectivity index (χ2v) is 7.99. The highest BCUT2D eigenvalue weighted by Gasteiger charge is 2.37. The number of rotatable bonds is 6. The lowest BCUT2D eigenvalue weighted by molar-refractivity contribution is -0.932. The van der Waals surface area contributed by atoms with Gasteiger partial charge in [0, 0.05) is 18.4 Å². The van der Waals surface area contributed by atoms with Crippen molar-refractivity contribution in [2.24, 2.45) is 0 Å². The van der Waals surface area contributed by atoms with E-state index in [0.717, 1.165) is 22.3 Å². The summed E-state index contributed by atoms with van der Waals surface area (Å²) >= 11 is 0. The van der Waals surface area contributed by atoms with Crippen molar-refractivity contribution in [2.45, 2.75) is 37.7 Å². The smallest absolute Gasteiger partial charge is 0.416 e. The first-order valence-electron chi connectivity index (χ1n) is 10.4. The number of halogens is 3. The zero-order chi connectivity index (χ0) is 22.7. The lowest BCUT2D eigenvalue weighted by atomic mass is 9.98. The number of nitrogens with zero attached hydrogens (tertiary/aromatic N) is 4. The molecule has 32 heavy (non-hydrogen) atoms. The Morgan fingerprint density at radius 1 is 1.16 bits per heavy atom. The number of aliphatic hydroxyl groups excluding tert-OH is 1. The van der Waals surface area contributed by atoms with E-state index in [9.17, 15) is 18.3 Å². The minimum Gasteiger partial charge on any atom is -0.497 e. The molecule has 0 saturated carbocycles. The molecule has 0 bridgehead atoms. The molecule has 170 valence electrons. The van der Waals surface area contributed by atoms with Crippen LogP contribution >= 0.6 is 0 Å². The Balaban J connectivity index is 1.70. The summed E-state index contributed by atoms with van der Waals surface area (Å²) in [5.41, 5.74) is 0.730. The zero-order valence-corrected chi connectivity index (χ0v) is 17.6. The number of tetrazole rings is 1. The van der Waals surface area contributed by atoms with Crippen LogP contribution in [0.15, 0.2) is 48.5 Å². The largest absolute Gasteiger partial charge is 0.497 e. The van der Waals surface area contributed by atoms with Crippen LogP contribution in [0.5, 0.6) is 5.75 Å². The molecule has 1 aliphatic rings. The molecule has 4 rings (SSSR count). The van der Waals surface area contributed by atoms with Crippen molar-refractivity contribution in [3.63, 3.8) is 0 Å². The fourth-order valence-corrected chi connectivity index (χ4v) is 4.16. The van der Waals surface area contributed by atoms with Crippen molar-refractivity contribution in [1.29, 1.82) is 0 Å². The van der Waals surface area contributed by atoms with Crippen LogP contribution in [0.1, 0.15) is 41.4 Å². The van der Waals surface area contributed by atoms with Gasteiger partial charge in [0.1, 0.15) is 5.75 Å². The standard InChI is InChI=1S/C22H24F3N5O2/c1-32-19-7-5-15(6-8-19)14-30-21(26-27-28-30)20(29-11-9-18(31)10-12-29)16-3-2-4-17(13-16)22(23,24)25/h2-8,13,18,20,31H,9-12,14H2,1H3/p+1/t20-/m1/s1. The Kier molecular flexibility index (Phi) is 6.43. The van der Waals surface area contributed by atoms with E-state index in [4.69, 9.17) is 4.74 Å². The predicted molar refractivity (Wildman–Crippen MR) is 109 cm³/mol. The summed E-state index contributed by atoms with van der Waals surface area (Å²) in [4.78, 5) is 1.03. The Hall–Kier alpha value is -2.98. The van der Waals surface area contributed by atoms with Crippen molar-refractivity contribution >= 4 is 0 Å². The maximum absolute atomic E-state index is 13.4. The summed E-state index contributed by atoms with van der Waals surface area (Å²) in [7, 11) is 1.59. The van der Waals surface area contributed by atoms with E-state index >= 15 is 0 Å². The van der Waals surface area contributed by atoms with Gasteiger partial charge in [-0.3, -0.25) is 0 Å². The summed E-state index contributed by atoms with van der Waals surface area (Å²) in [5.74, 6) is 1.22. The summed E-state index contributed by atoms with van der Waals surface area (Å²) in [6.45, 7) is 1.59. The minimum absolute atomic E-state index is 0.373. The topological polar surface area (TPSA) is 77.5 Å². The van der Waals surface area contributed by atoms with E-state index in [1.54, 1.807) is 17.9 Å². The highest BCUT2D eigenvalue weighted by molar-refractivity contribution is 5.30. The number of nitrogens with one attached hydrogen (secondary N) is 1. The molecule has 1 aliphatic heterocycles. The fourth-order valence-electron chi connectivity index (χ4n) is 4.16. The summed E-state index contributed by atoms with van der Waals surface area (Å²) in [5, 5.41) is 22.1. The maximum atomic E-state index is 13.4. The SMILES string of the molecule is COc1ccc(Cn2nnnc2[C@@H](c2cccc(C(F)(F)F)c2)[NH+]2CCC(O)CC2)cc1. The first-order chi connectivity index (χ1) is 15.3. The number of aromatic nitrogens is 4. The molecule has 2 aromatic carbocycles. The number of likely N-dealkylation sites (tertiary alicyclic amines) is 1. The highest BCUT2D eigenvalue weighted by Crippen LogP contribution is 2.31. The van der Waals surface area contributed by atoms with Crippen LogP contribution in [-0.2, 0) is 12.7 Å². The van der Waals surface area contributed by atoms with Crippen LogP contribution in [-0.4, -0.2) is 51.6 Å². The number of hydrogen-bond donors (Lipinski definition) is 2. The van der Waals surface area contributed by atoms with Crippen molar-refractivity contribution in [1.82, 2.24) is 20.2 Å². The molecule has 7 nitrogen and oxygen atoms in total. The lowest BCUT2D eigenvalue weighted by Gasteiger charge is -2.33. The number of ether oxygens (including phenoxy) is 1. The van der Waals surface area contributed by atoms with Gasteiger partial charge in [-0.25, -0.2) is 4.68 Å². The van der Waals surface area contributed by atoms with Gasteiger partial charge in [0.25, 0.3) is 0 Å². The van der Waals surface area contributed by atoms with E-state index in [1.807, 2.05) is 24.3 Å². The van der Waals surface area contributed by atoms with Crippen LogP contribution in [0, 0.1) is 0 Å². The number of hydrogen-bond acceptors (Lipinski definition) is 5. The molecule has 0 amide bonds. The molecular formula is C22H25F3N5O2+. The Bertz CT molecular complexity index is 1030. The third-order valence-corrected chi connectivity index (χ3v) is 5.86. The van der Waals surface area contributed by atoms with Gasteiger partial charge in [0.05, 0.1) is 38.4 Å². The van der Waals surface area contributed by atoms with Gasteiger partial charge in [-0.2, -0.15) is 13.2 Å². The molecule has 0 spiro atoms.